The minimum Gasteiger partial charge on any atom is -0.508 e. The standard InChI is InChI=1S/C19H28N2O3/c1-15(20-9-11-24-12-10-20)17-5-7-21(8-6-17)19(23)14-16-3-2-4-18(22)13-16/h2-4,13,15,17,22H,5-12,14H2,1H3/t15-/m1/s1. The Balaban J connectivity index is 1.48. The maximum Gasteiger partial charge on any atom is 0.226 e. The third kappa shape index (κ3) is 4.28. The van der Waals surface area contributed by atoms with E-state index >= 15 is 0 Å². The van der Waals surface area contributed by atoms with Gasteiger partial charge in [-0.15, -0.1) is 0 Å². The molecule has 0 bridgehead atoms. The maximum absolute atomic E-state index is 12.5. The van der Waals surface area contributed by atoms with Gasteiger partial charge >= 0.3 is 0 Å². The third-order valence-corrected chi connectivity index (χ3v) is 5.46. The number of nitrogens with zero attached hydrogens (tertiary/aromatic N) is 2. The molecule has 0 unspecified atom stereocenters. The van der Waals surface area contributed by atoms with E-state index in [-0.39, 0.29) is 11.7 Å². The lowest BCUT2D eigenvalue weighted by atomic mass is 9.89. The van der Waals surface area contributed by atoms with Crippen LogP contribution in [0.5, 0.6) is 5.75 Å². The van der Waals surface area contributed by atoms with Crippen LogP contribution in [0.2, 0.25) is 0 Å². The predicted molar refractivity (Wildman–Crippen MR) is 93.0 cm³/mol. The van der Waals surface area contributed by atoms with Crippen molar-refractivity contribution in [3.63, 3.8) is 0 Å². The molecule has 1 aromatic carbocycles. The van der Waals surface area contributed by atoms with E-state index in [0.717, 1.165) is 57.8 Å². The Morgan fingerprint density at radius 2 is 1.96 bits per heavy atom. The van der Waals surface area contributed by atoms with Crippen molar-refractivity contribution in [3.05, 3.63) is 29.8 Å². The lowest BCUT2D eigenvalue weighted by Gasteiger charge is -2.41. The van der Waals surface area contributed by atoms with Crippen LogP contribution in [0.25, 0.3) is 0 Å². The van der Waals surface area contributed by atoms with Crippen molar-refractivity contribution >= 4 is 5.91 Å². The van der Waals surface area contributed by atoms with Crippen LogP contribution < -0.4 is 0 Å². The number of rotatable bonds is 4. The number of likely N-dealkylation sites (tertiary alicyclic amines) is 1. The first-order chi connectivity index (χ1) is 11.6. The summed E-state index contributed by atoms with van der Waals surface area (Å²) < 4.78 is 5.44. The van der Waals surface area contributed by atoms with Crippen LogP contribution in [-0.2, 0) is 16.0 Å². The number of carbonyl (C=O) groups excluding carboxylic acids is 1. The van der Waals surface area contributed by atoms with E-state index in [1.807, 2.05) is 11.0 Å². The first kappa shape index (κ1) is 17.2. The summed E-state index contributed by atoms with van der Waals surface area (Å²) in [7, 11) is 0. The molecule has 1 N–H and O–H groups in total. The SMILES string of the molecule is C[C@H](C1CCN(C(=O)Cc2cccc(O)c2)CC1)N1CCOCC1. The van der Waals surface area contributed by atoms with Crippen molar-refractivity contribution < 1.29 is 14.6 Å². The van der Waals surface area contributed by atoms with E-state index in [2.05, 4.69) is 11.8 Å². The number of ether oxygens (including phenoxy) is 1. The zero-order chi connectivity index (χ0) is 16.9. The summed E-state index contributed by atoms with van der Waals surface area (Å²) >= 11 is 0. The Morgan fingerprint density at radius 1 is 1.25 bits per heavy atom. The van der Waals surface area contributed by atoms with Gasteiger partial charge in [0.25, 0.3) is 0 Å². The summed E-state index contributed by atoms with van der Waals surface area (Å²) in [5, 5.41) is 9.52. The summed E-state index contributed by atoms with van der Waals surface area (Å²) in [4.78, 5) is 17.0. The van der Waals surface area contributed by atoms with Crippen molar-refractivity contribution in [2.24, 2.45) is 5.92 Å². The molecule has 5 nitrogen and oxygen atoms in total. The molecule has 2 fully saturated rings. The second-order valence-electron chi connectivity index (χ2n) is 6.95. The van der Waals surface area contributed by atoms with Crippen molar-refractivity contribution in [1.29, 1.82) is 0 Å². The molecule has 1 aromatic rings. The lowest BCUT2D eigenvalue weighted by molar-refractivity contribution is -0.132. The Kier molecular flexibility index (Phi) is 5.74. The highest BCUT2D eigenvalue weighted by molar-refractivity contribution is 5.79. The molecule has 24 heavy (non-hydrogen) atoms. The molecule has 0 saturated carbocycles. The molecule has 1 amide bonds. The highest BCUT2D eigenvalue weighted by Gasteiger charge is 2.29. The quantitative estimate of drug-likeness (QED) is 0.915. The van der Waals surface area contributed by atoms with Gasteiger partial charge in [-0.1, -0.05) is 12.1 Å². The lowest BCUT2D eigenvalue weighted by Crippen LogP contribution is -2.49. The third-order valence-electron chi connectivity index (χ3n) is 5.46. The van der Waals surface area contributed by atoms with Crippen LogP contribution in [0.15, 0.2) is 24.3 Å². The van der Waals surface area contributed by atoms with E-state index in [9.17, 15) is 9.90 Å². The van der Waals surface area contributed by atoms with Gasteiger partial charge in [-0.2, -0.15) is 0 Å². The summed E-state index contributed by atoms with van der Waals surface area (Å²) in [5.74, 6) is 1.05. The number of benzene rings is 1. The zero-order valence-electron chi connectivity index (χ0n) is 14.5. The fraction of sp³-hybridized carbons (Fsp3) is 0.632. The first-order valence-electron chi connectivity index (χ1n) is 9.01. The summed E-state index contributed by atoms with van der Waals surface area (Å²) in [6, 6.07) is 7.55. The van der Waals surface area contributed by atoms with Gasteiger partial charge in [0.15, 0.2) is 0 Å². The Hall–Kier alpha value is -1.59. The molecule has 2 aliphatic rings. The van der Waals surface area contributed by atoms with E-state index in [0.29, 0.717) is 18.4 Å². The normalized spacial score (nSPS) is 21.6. The van der Waals surface area contributed by atoms with E-state index in [1.165, 1.54) is 0 Å². The molecule has 132 valence electrons. The molecule has 0 aromatic heterocycles. The molecular formula is C19H28N2O3. The second-order valence-corrected chi connectivity index (χ2v) is 6.95. The van der Waals surface area contributed by atoms with Crippen molar-refractivity contribution in [1.82, 2.24) is 9.80 Å². The number of piperidine rings is 1. The molecule has 2 saturated heterocycles. The largest absolute Gasteiger partial charge is 0.508 e. The summed E-state index contributed by atoms with van der Waals surface area (Å²) in [5.41, 5.74) is 0.879. The minimum absolute atomic E-state index is 0.165. The number of carbonyl (C=O) groups is 1. The first-order valence-corrected chi connectivity index (χ1v) is 9.01. The van der Waals surface area contributed by atoms with Crippen molar-refractivity contribution in [2.45, 2.75) is 32.2 Å². The fourth-order valence-electron chi connectivity index (χ4n) is 3.87. The fourth-order valence-corrected chi connectivity index (χ4v) is 3.87. The Morgan fingerprint density at radius 3 is 2.62 bits per heavy atom. The zero-order valence-corrected chi connectivity index (χ0v) is 14.5. The van der Waals surface area contributed by atoms with Crippen LogP contribution in [0, 0.1) is 5.92 Å². The number of hydrogen-bond acceptors (Lipinski definition) is 4. The van der Waals surface area contributed by atoms with Gasteiger partial charge in [-0.25, -0.2) is 0 Å². The van der Waals surface area contributed by atoms with Gasteiger partial charge in [0.05, 0.1) is 19.6 Å². The topological polar surface area (TPSA) is 53.0 Å². The van der Waals surface area contributed by atoms with Gasteiger partial charge in [-0.3, -0.25) is 9.69 Å². The van der Waals surface area contributed by atoms with Crippen LogP contribution in [0.3, 0.4) is 0 Å². The average Bonchev–Trinajstić information content (AvgIpc) is 2.62. The Bertz CT molecular complexity index is 549. The number of phenols is 1. The van der Waals surface area contributed by atoms with E-state index in [1.54, 1.807) is 18.2 Å². The van der Waals surface area contributed by atoms with Gasteiger partial charge in [0.1, 0.15) is 5.75 Å². The molecule has 2 heterocycles. The number of hydrogen-bond donors (Lipinski definition) is 1. The van der Waals surface area contributed by atoms with Crippen molar-refractivity contribution in [2.75, 3.05) is 39.4 Å². The predicted octanol–water partition coefficient (Wildman–Crippen LogP) is 1.89. The molecule has 1 atom stereocenters. The number of aromatic hydroxyl groups is 1. The van der Waals surface area contributed by atoms with E-state index in [4.69, 9.17) is 4.74 Å². The molecule has 0 aliphatic carbocycles. The average molecular weight is 332 g/mol. The summed E-state index contributed by atoms with van der Waals surface area (Å²) in [6.07, 6.45) is 2.52. The molecule has 2 aliphatic heterocycles. The van der Waals surface area contributed by atoms with Crippen molar-refractivity contribution in [3.8, 4) is 5.75 Å². The highest BCUT2D eigenvalue weighted by atomic mass is 16.5. The molecular weight excluding hydrogens is 304 g/mol. The van der Waals surface area contributed by atoms with Gasteiger partial charge in [0, 0.05) is 32.2 Å². The smallest absolute Gasteiger partial charge is 0.226 e. The second kappa shape index (κ2) is 7.99. The number of morpholine rings is 1. The van der Waals surface area contributed by atoms with Gasteiger partial charge in [-0.05, 0) is 43.4 Å². The molecule has 5 heteroatoms. The van der Waals surface area contributed by atoms with Gasteiger partial charge < -0.3 is 14.7 Å². The highest BCUT2D eigenvalue weighted by Crippen LogP contribution is 2.25. The summed E-state index contributed by atoms with van der Waals surface area (Å²) in [6.45, 7) is 7.74. The number of amides is 1. The van der Waals surface area contributed by atoms with Crippen LogP contribution in [0.4, 0.5) is 0 Å². The van der Waals surface area contributed by atoms with Crippen LogP contribution in [0.1, 0.15) is 25.3 Å². The molecule has 0 radical (unpaired) electrons. The van der Waals surface area contributed by atoms with Gasteiger partial charge in [0.2, 0.25) is 5.91 Å². The monoisotopic (exact) mass is 332 g/mol. The molecule has 0 spiro atoms. The number of phenolic OH excluding ortho intramolecular Hbond substituents is 1. The maximum atomic E-state index is 12.5. The van der Waals surface area contributed by atoms with Crippen LogP contribution >= 0.6 is 0 Å². The minimum atomic E-state index is 0.165. The van der Waals surface area contributed by atoms with Crippen LogP contribution in [-0.4, -0.2) is 66.2 Å². The van der Waals surface area contributed by atoms with E-state index < -0.39 is 0 Å². The molecule has 3 rings (SSSR count). The Labute approximate surface area is 144 Å².